The fourth-order valence-corrected chi connectivity index (χ4v) is 2.70. The van der Waals surface area contributed by atoms with E-state index in [0.29, 0.717) is 17.7 Å². The van der Waals surface area contributed by atoms with Crippen molar-refractivity contribution in [3.63, 3.8) is 0 Å². The van der Waals surface area contributed by atoms with E-state index in [-0.39, 0.29) is 0 Å². The minimum absolute atomic E-state index is 0.424. The van der Waals surface area contributed by atoms with E-state index in [0.717, 1.165) is 12.1 Å². The van der Waals surface area contributed by atoms with E-state index < -0.39 is 0 Å². The van der Waals surface area contributed by atoms with Gasteiger partial charge >= 0.3 is 0 Å². The monoisotopic (exact) mass is 260 g/mol. The second-order valence-corrected chi connectivity index (χ2v) is 5.13. The van der Waals surface area contributed by atoms with Gasteiger partial charge < -0.3 is 14.6 Å². The lowest BCUT2D eigenvalue weighted by Gasteiger charge is -2.32. The highest BCUT2D eigenvalue weighted by Crippen LogP contribution is 2.19. The first-order valence-electron chi connectivity index (χ1n) is 7.05. The van der Waals surface area contributed by atoms with E-state index in [1.807, 2.05) is 12.1 Å². The summed E-state index contributed by atoms with van der Waals surface area (Å²) < 4.78 is 5.66. The Hall–Kier alpha value is -1.62. The van der Waals surface area contributed by atoms with Gasteiger partial charge in [0.25, 0.3) is 6.01 Å². The molecule has 0 aromatic carbocycles. The molecular formula is C14H20N4O. The maximum absolute atomic E-state index is 5.66. The van der Waals surface area contributed by atoms with Gasteiger partial charge in [-0.2, -0.15) is 4.98 Å². The quantitative estimate of drug-likeness (QED) is 0.915. The molecule has 1 atom stereocenters. The Kier molecular flexibility index (Phi) is 3.64. The van der Waals surface area contributed by atoms with Crippen molar-refractivity contribution in [2.75, 3.05) is 25.0 Å². The molecule has 0 amide bonds. The second kappa shape index (κ2) is 5.57. The molecule has 3 heterocycles. The number of fused-ring (bicyclic) bond motifs is 1. The van der Waals surface area contributed by atoms with Gasteiger partial charge in [0.15, 0.2) is 5.58 Å². The van der Waals surface area contributed by atoms with Crippen LogP contribution in [0.5, 0.6) is 0 Å². The van der Waals surface area contributed by atoms with Gasteiger partial charge in [0.2, 0.25) is 5.65 Å². The highest BCUT2D eigenvalue weighted by atomic mass is 16.4. The van der Waals surface area contributed by atoms with Crippen LogP contribution in [0.3, 0.4) is 0 Å². The van der Waals surface area contributed by atoms with Crippen LogP contribution in [0.1, 0.15) is 26.2 Å². The minimum atomic E-state index is 0.424. The van der Waals surface area contributed by atoms with Crippen molar-refractivity contribution >= 4 is 17.2 Å². The topological polar surface area (TPSA) is 54.2 Å². The van der Waals surface area contributed by atoms with Gasteiger partial charge in [0, 0.05) is 18.8 Å². The van der Waals surface area contributed by atoms with E-state index in [9.17, 15) is 0 Å². The van der Waals surface area contributed by atoms with Crippen molar-refractivity contribution < 1.29 is 4.42 Å². The minimum Gasteiger partial charge on any atom is -0.422 e. The van der Waals surface area contributed by atoms with Crippen molar-refractivity contribution in [2.24, 2.45) is 0 Å². The number of oxazole rings is 1. The van der Waals surface area contributed by atoms with Gasteiger partial charge in [-0.1, -0.05) is 6.92 Å². The van der Waals surface area contributed by atoms with Crippen LogP contribution >= 0.6 is 0 Å². The third kappa shape index (κ3) is 2.87. The number of rotatable bonds is 4. The lowest BCUT2D eigenvalue weighted by molar-refractivity contribution is 0.215. The van der Waals surface area contributed by atoms with Crippen LogP contribution in [0.4, 0.5) is 6.01 Å². The summed E-state index contributed by atoms with van der Waals surface area (Å²) >= 11 is 0. The Morgan fingerprint density at radius 3 is 3.32 bits per heavy atom. The van der Waals surface area contributed by atoms with Crippen molar-refractivity contribution in [3.05, 3.63) is 18.3 Å². The number of nitrogens with one attached hydrogen (secondary N) is 1. The van der Waals surface area contributed by atoms with Crippen LogP contribution < -0.4 is 5.32 Å². The molecule has 1 N–H and O–H groups in total. The van der Waals surface area contributed by atoms with Crippen molar-refractivity contribution in [1.82, 2.24) is 14.9 Å². The SMILES string of the molecule is CCCN1CCC[C@@H](Nc2nc3ncccc3o2)C1. The maximum Gasteiger partial charge on any atom is 0.297 e. The highest BCUT2D eigenvalue weighted by molar-refractivity contribution is 5.69. The predicted octanol–water partition coefficient (Wildman–Crippen LogP) is 2.51. The third-order valence-corrected chi connectivity index (χ3v) is 3.54. The second-order valence-electron chi connectivity index (χ2n) is 5.13. The van der Waals surface area contributed by atoms with Gasteiger partial charge in [-0.25, -0.2) is 4.98 Å². The predicted molar refractivity (Wildman–Crippen MR) is 75.2 cm³/mol. The molecule has 2 aromatic heterocycles. The summed E-state index contributed by atoms with van der Waals surface area (Å²) in [6, 6.07) is 4.77. The molecule has 5 heteroatoms. The zero-order chi connectivity index (χ0) is 13.1. The summed E-state index contributed by atoms with van der Waals surface area (Å²) in [4.78, 5) is 11.1. The Balaban J connectivity index is 1.67. The fourth-order valence-electron chi connectivity index (χ4n) is 2.70. The summed E-state index contributed by atoms with van der Waals surface area (Å²) in [6.45, 7) is 5.68. The molecule has 1 saturated heterocycles. The fraction of sp³-hybridized carbons (Fsp3) is 0.571. The summed E-state index contributed by atoms with van der Waals surface area (Å²) in [5.41, 5.74) is 1.41. The average molecular weight is 260 g/mol. The molecule has 0 unspecified atom stereocenters. The normalized spacial score (nSPS) is 20.8. The molecule has 102 valence electrons. The number of aromatic nitrogens is 2. The Morgan fingerprint density at radius 1 is 1.53 bits per heavy atom. The zero-order valence-corrected chi connectivity index (χ0v) is 11.3. The van der Waals surface area contributed by atoms with Crippen molar-refractivity contribution in [1.29, 1.82) is 0 Å². The summed E-state index contributed by atoms with van der Waals surface area (Å²) in [6.07, 6.45) is 5.35. The number of pyridine rings is 1. The molecule has 19 heavy (non-hydrogen) atoms. The lowest BCUT2D eigenvalue weighted by Crippen LogP contribution is -2.42. The van der Waals surface area contributed by atoms with E-state index in [1.54, 1.807) is 6.20 Å². The van der Waals surface area contributed by atoms with Crippen LogP contribution in [0.25, 0.3) is 11.2 Å². The molecule has 0 radical (unpaired) electrons. The lowest BCUT2D eigenvalue weighted by atomic mass is 10.1. The van der Waals surface area contributed by atoms with Crippen molar-refractivity contribution in [2.45, 2.75) is 32.2 Å². The molecule has 2 aromatic rings. The van der Waals surface area contributed by atoms with Crippen molar-refractivity contribution in [3.8, 4) is 0 Å². The van der Waals surface area contributed by atoms with Gasteiger partial charge in [0.1, 0.15) is 0 Å². The van der Waals surface area contributed by atoms with Crippen LogP contribution in [-0.2, 0) is 0 Å². The Bertz CT molecular complexity index is 504. The molecule has 1 aliphatic rings. The number of piperidine rings is 1. The summed E-state index contributed by atoms with van der Waals surface area (Å²) in [5.74, 6) is 0. The number of hydrogen-bond acceptors (Lipinski definition) is 5. The number of likely N-dealkylation sites (tertiary alicyclic amines) is 1. The van der Waals surface area contributed by atoms with Crippen LogP contribution in [0.2, 0.25) is 0 Å². The molecular weight excluding hydrogens is 240 g/mol. The van der Waals surface area contributed by atoms with E-state index in [4.69, 9.17) is 4.42 Å². The first kappa shape index (κ1) is 12.4. The zero-order valence-electron chi connectivity index (χ0n) is 11.3. The molecule has 5 nitrogen and oxygen atoms in total. The first-order valence-corrected chi connectivity index (χ1v) is 7.05. The van der Waals surface area contributed by atoms with Gasteiger partial charge in [0.05, 0.1) is 0 Å². The molecule has 1 fully saturated rings. The smallest absolute Gasteiger partial charge is 0.297 e. The van der Waals surface area contributed by atoms with E-state index in [1.165, 1.54) is 32.4 Å². The molecule has 0 aliphatic carbocycles. The van der Waals surface area contributed by atoms with Crippen LogP contribution in [0.15, 0.2) is 22.7 Å². The Morgan fingerprint density at radius 2 is 2.47 bits per heavy atom. The Labute approximate surface area is 113 Å². The van der Waals surface area contributed by atoms with E-state index >= 15 is 0 Å². The van der Waals surface area contributed by atoms with E-state index in [2.05, 4.69) is 27.1 Å². The third-order valence-electron chi connectivity index (χ3n) is 3.54. The number of anilines is 1. The summed E-state index contributed by atoms with van der Waals surface area (Å²) in [7, 11) is 0. The molecule has 0 spiro atoms. The van der Waals surface area contributed by atoms with Gasteiger partial charge in [-0.15, -0.1) is 0 Å². The molecule has 0 saturated carbocycles. The van der Waals surface area contributed by atoms with Gasteiger partial charge in [-0.05, 0) is 44.5 Å². The molecule has 3 rings (SSSR count). The summed E-state index contributed by atoms with van der Waals surface area (Å²) in [5, 5.41) is 3.40. The number of hydrogen-bond donors (Lipinski definition) is 1. The maximum atomic E-state index is 5.66. The average Bonchev–Trinajstić information content (AvgIpc) is 2.81. The molecule has 1 aliphatic heterocycles. The largest absolute Gasteiger partial charge is 0.422 e. The van der Waals surface area contributed by atoms with Gasteiger partial charge in [-0.3, -0.25) is 0 Å². The van der Waals surface area contributed by atoms with Crippen LogP contribution in [-0.4, -0.2) is 40.5 Å². The highest BCUT2D eigenvalue weighted by Gasteiger charge is 2.20. The van der Waals surface area contributed by atoms with Crippen LogP contribution in [0, 0.1) is 0 Å². The molecule has 0 bridgehead atoms. The first-order chi connectivity index (χ1) is 9.35. The standard InChI is InChI=1S/C14H20N4O/c1-2-8-18-9-4-5-11(10-18)16-14-17-13-12(19-14)6-3-7-15-13/h3,6-7,11H,2,4-5,8-10H2,1H3,(H,15,16,17)/t11-/m1/s1. The number of nitrogens with zero attached hydrogens (tertiary/aromatic N) is 3.